The minimum atomic E-state index is -0.0649. The highest BCUT2D eigenvalue weighted by Gasteiger charge is 2.17. The van der Waals surface area contributed by atoms with E-state index in [-0.39, 0.29) is 11.7 Å². The number of hydrogen-bond donors (Lipinski definition) is 2. The van der Waals surface area contributed by atoms with Crippen LogP contribution in [0.5, 0.6) is 0 Å². The number of benzene rings is 1. The van der Waals surface area contributed by atoms with Crippen molar-refractivity contribution in [3.63, 3.8) is 0 Å². The number of aryl methyl sites for hydroxylation is 1. The number of hydrogen-bond acceptors (Lipinski definition) is 5. The maximum atomic E-state index is 12.4. The van der Waals surface area contributed by atoms with Crippen LogP contribution in [0.1, 0.15) is 69.7 Å². The molecule has 2 aromatic rings. The summed E-state index contributed by atoms with van der Waals surface area (Å²) < 4.78 is 1.54. The highest BCUT2D eigenvalue weighted by molar-refractivity contribution is 7.99. The Morgan fingerprint density at radius 3 is 2.75 bits per heavy atom. The molecule has 28 heavy (non-hydrogen) atoms. The van der Waals surface area contributed by atoms with Crippen LogP contribution in [0.2, 0.25) is 0 Å². The fourth-order valence-corrected chi connectivity index (χ4v) is 4.49. The van der Waals surface area contributed by atoms with E-state index in [1.165, 1.54) is 43.9 Å². The van der Waals surface area contributed by atoms with Gasteiger partial charge in [-0.1, -0.05) is 75.9 Å². The fourth-order valence-electron chi connectivity index (χ4n) is 3.82. The molecular weight excluding hydrogens is 370 g/mol. The van der Waals surface area contributed by atoms with Crippen LogP contribution in [0.3, 0.4) is 0 Å². The Bertz CT molecular complexity index is 783. The number of aromatic nitrogens is 3. The average molecular weight is 402 g/mol. The first kappa shape index (κ1) is 20.7. The van der Waals surface area contributed by atoms with Crippen LogP contribution >= 0.6 is 11.8 Å². The summed E-state index contributed by atoms with van der Waals surface area (Å²) in [4.78, 5) is 12.4. The Morgan fingerprint density at radius 1 is 1.25 bits per heavy atom. The normalized spacial score (nSPS) is 15.1. The van der Waals surface area contributed by atoms with Gasteiger partial charge < -0.3 is 11.2 Å². The smallest absolute Gasteiger partial charge is 0.234 e. The molecule has 3 N–H and O–H groups in total. The number of anilines is 1. The molecule has 0 aliphatic heterocycles. The van der Waals surface area contributed by atoms with Crippen molar-refractivity contribution in [2.24, 2.45) is 5.92 Å². The summed E-state index contributed by atoms with van der Waals surface area (Å²) in [5.41, 5.74) is 2.00. The van der Waals surface area contributed by atoms with Gasteiger partial charge in [0, 0.05) is 12.1 Å². The molecule has 1 heterocycles. The van der Waals surface area contributed by atoms with Crippen LogP contribution in [0.4, 0.5) is 5.69 Å². The topological polar surface area (TPSA) is 85.8 Å². The SMILES string of the molecule is CC(C)c1ccccc1NC(=O)CSc1nnc(CCC2CCCCC2)n1N. The molecule has 152 valence electrons. The summed E-state index contributed by atoms with van der Waals surface area (Å²) >= 11 is 1.32. The van der Waals surface area contributed by atoms with E-state index in [9.17, 15) is 4.79 Å². The van der Waals surface area contributed by atoms with E-state index in [4.69, 9.17) is 5.84 Å². The number of carbonyl (C=O) groups is 1. The monoisotopic (exact) mass is 401 g/mol. The number of carbonyl (C=O) groups excluding carboxylic acids is 1. The largest absolute Gasteiger partial charge is 0.336 e. The van der Waals surface area contributed by atoms with Gasteiger partial charge in [-0.15, -0.1) is 10.2 Å². The molecule has 1 aliphatic rings. The van der Waals surface area contributed by atoms with E-state index in [2.05, 4.69) is 29.4 Å². The summed E-state index contributed by atoms with van der Waals surface area (Å²) in [6.07, 6.45) is 8.66. The molecule has 1 saturated carbocycles. The van der Waals surface area contributed by atoms with Crippen LogP contribution in [-0.2, 0) is 11.2 Å². The number of para-hydroxylation sites is 1. The van der Waals surface area contributed by atoms with E-state index in [0.717, 1.165) is 35.8 Å². The lowest BCUT2D eigenvalue weighted by Crippen LogP contribution is -2.18. The number of nitrogen functional groups attached to an aromatic ring is 1. The van der Waals surface area contributed by atoms with E-state index in [1.54, 1.807) is 4.68 Å². The molecule has 6 nitrogen and oxygen atoms in total. The van der Waals surface area contributed by atoms with Crippen molar-refractivity contribution in [2.45, 2.75) is 69.9 Å². The van der Waals surface area contributed by atoms with Crippen molar-refractivity contribution in [1.29, 1.82) is 0 Å². The molecule has 1 aliphatic carbocycles. The van der Waals surface area contributed by atoms with Crippen LogP contribution in [-0.4, -0.2) is 26.5 Å². The fraction of sp³-hybridized carbons (Fsp3) is 0.571. The van der Waals surface area contributed by atoms with Crippen molar-refractivity contribution < 1.29 is 4.79 Å². The van der Waals surface area contributed by atoms with E-state index in [0.29, 0.717) is 11.1 Å². The van der Waals surface area contributed by atoms with Gasteiger partial charge >= 0.3 is 0 Å². The van der Waals surface area contributed by atoms with Crippen molar-refractivity contribution in [2.75, 3.05) is 16.9 Å². The Hall–Kier alpha value is -2.02. The molecule has 1 aromatic carbocycles. The molecule has 0 bridgehead atoms. The number of nitrogens with one attached hydrogen (secondary N) is 1. The van der Waals surface area contributed by atoms with E-state index in [1.807, 2.05) is 24.3 Å². The van der Waals surface area contributed by atoms with Gasteiger partial charge in [-0.25, -0.2) is 4.68 Å². The van der Waals surface area contributed by atoms with Gasteiger partial charge in [0.25, 0.3) is 0 Å². The zero-order valence-corrected chi connectivity index (χ0v) is 17.7. The molecule has 0 spiro atoms. The number of rotatable bonds is 8. The third kappa shape index (κ3) is 5.50. The standard InChI is InChI=1S/C21H31N5OS/c1-15(2)17-10-6-7-11-18(17)23-20(27)14-28-21-25-24-19(26(21)22)13-12-16-8-4-3-5-9-16/h6-7,10-11,15-16H,3-5,8-9,12-14,22H2,1-2H3,(H,23,27). The van der Waals surface area contributed by atoms with Gasteiger partial charge in [0.1, 0.15) is 0 Å². The highest BCUT2D eigenvalue weighted by atomic mass is 32.2. The second-order valence-electron chi connectivity index (χ2n) is 7.89. The number of nitrogens with two attached hydrogens (primary N) is 1. The van der Waals surface area contributed by atoms with Crippen molar-refractivity contribution in [1.82, 2.24) is 14.9 Å². The molecular formula is C21H31N5OS. The Kier molecular flexibility index (Phi) is 7.36. The van der Waals surface area contributed by atoms with Crippen LogP contribution in [0.25, 0.3) is 0 Å². The third-order valence-corrected chi connectivity index (χ3v) is 6.37. The first-order valence-electron chi connectivity index (χ1n) is 10.3. The highest BCUT2D eigenvalue weighted by Crippen LogP contribution is 2.28. The number of nitrogens with zero attached hydrogens (tertiary/aromatic N) is 3. The molecule has 0 atom stereocenters. The quantitative estimate of drug-likeness (QED) is 0.507. The zero-order chi connectivity index (χ0) is 19.9. The second kappa shape index (κ2) is 9.96. The second-order valence-corrected chi connectivity index (χ2v) is 8.83. The molecule has 0 radical (unpaired) electrons. The molecule has 3 rings (SSSR count). The van der Waals surface area contributed by atoms with Gasteiger partial charge in [-0.05, 0) is 29.9 Å². The van der Waals surface area contributed by atoms with E-state index >= 15 is 0 Å². The van der Waals surface area contributed by atoms with Gasteiger partial charge in [0.15, 0.2) is 5.82 Å². The lowest BCUT2D eigenvalue weighted by Gasteiger charge is -2.20. The summed E-state index contributed by atoms with van der Waals surface area (Å²) in [7, 11) is 0. The summed E-state index contributed by atoms with van der Waals surface area (Å²) in [5, 5.41) is 12.0. The van der Waals surface area contributed by atoms with Crippen LogP contribution in [0.15, 0.2) is 29.4 Å². The van der Waals surface area contributed by atoms with Gasteiger partial charge in [-0.3, -0.25) is 4.79 Å². The minimum absolute atomic E-state index is 0.0649. The summed E-state index contributed by atoms with van der Waals surface area (Å²) in [6.45, 7) is 4.23. The number of amides is 1. The van der Waals surface area contributed by atoms with Crippen molar-refractivity contribution in [3.05, 3.63) is 35.7 Å². The lowest BCUT2D eigenvalue weighted by molar-refractivity contribution is -0.113. The first-order valence-corrected chi connectivity index (χ1v) is 11.2. The summed E-state index contributed by atoms with van der Waals surface area (Å²) in [6, 6.07) is 7.91. The van der Waals surface area contributed by atoms with Gasteiger partial charge in [0.2, 0.25) is 11.1 Å². The minimum Gasteiger partial charge on any atom is -0.336 e. The average Bonchev–Trinajstić information content (AvgIpc) is 3.05. The molecule has 1 amide bonds. The lowest BCUT2D eigenvalue weighted by atomic mass is 9.86. The molecule has 1 fully saturated rings. The Labute approximate surface area is 171 Å². The molecule has 1 aromatic heterocycles. The van der Waals surface area contributed by atoms with Crippen LogP contribution < -0.4 is 11.2 Å². The maximum Gasteiger partial charge on any atom is 0.234 e. The number of thioether (sulfide) groups is 1. The van der Waals surface area contributed by atoms with Crippen LogP contribution in [0, 0.1) is 5.92 Å². The molecule has 0 unspecified atom stereocenters. The van der Waals surface area contributed by atoms with Gasteiger partial charge in [0.05, 0.1) is 5.75 Å². The maximum absolute atomic E-state index is 12.4. The summed E-state index contributed by atoms with van der Waals surface area (Å²) in [5.74, 6) is 8.29. The predicted molar refractivity (Wildman–Crippen MR) is 115 cm³/mol. The Balaban J connectivity index is 1.50. The first-order chi connectivity index (χ1) is 13.5. The third-order valence-electron chi connectivity index (χ3n) is 5.43. The predicted octanol–water partition coefficient (Wildman–Crippen LogP) is 4.36. The molecule has 0 saturated heterocycles. The van der Waals surface area contributed by atoms with E-state index < -0.39 is 0 Å². The zero-order valence-electron chi connectivity index (χ0n) is 16.9. The Morgan fingerprint density at radius 2 is 2.00 bits per heavy atom. The van der Waals surface area contributed by atoms with Crippen molar-refractivity contribution in [3.8, 4) is 0 Å². The van der Waals surface area contributed by atoms with Crippen molar-refractivity contribution >= 4 is 23.4 Å². The van der Waals surface area contributed by atoms with Gasteiger partial charge in [-0.2, -0.15) is 0 Å². The molecule has 7 heteroatoms.